The van der Waals surface area contributed by atoms with E-state index in [2.05, 4.69) is 0 Å². The second-order valence-corrected chi connectivity index (χ2v) is 5.97. The van der Waals surface area contributed by atoms with Crippen LogP contribution in [0.2, 0.25) is 0 Å². The molecule has 0 bridgehead atoms. The smallest absolute Gasteiger partial charge is 0.374 e. The van der Waals surface area contributed by atoms with Crippen LogP contribution in [0.5, 0.6) is 0 Å². The molecule has 2 aromatic rings. The fraction of sp³-hybridized carbons (Fsp3) is 0.263. The molecular formula is C19H14F6O2. The normalized spacial score (nSPS) is 16.6. The second kappa shape index (κ2) is 6.91. The highest BCUT2D eigenvalue weighted by Gasteiger charge is 2.54. The Morgan fingerprint density at radius 1 is 0.667 bits per heavy atom. The molecule has 2 rings (SSSR count). The standard InChI is InChI=1S/C19H14F6O2/c1-16(26,13-7-9-15(10-8-13)18(20,21)22)11-12-17(27,19(23,24)25)14-5-3-2-4-6-14/h2-10,26-27H,1H3/t16-,17+/m1/s1. The van der Waals surface area contributed by atoms with Gasteiger partial charge in [-0.25, -0.2) is 0 Å². The summed E-state index contributed by atoms with van der Waals surface area (Å²) in [5.41, 5.74) is -7.46. The summed E-state index contributed by atoms with van der Waals surface area (Å²) in [5.74, 6) is 3.58. The highest BCUT2D eigenvalue weighted by molar-refractivity contribution is 5.39. The first-order valence-corrected chi connectivity index (χ1v) is 7.56. The van der Waals surface area contributed by atoms with Crippen LogP contribution in [-0.2, 0) is 17.4 Å². The first-order chi connectivity index (χ1) is 12.3. The van der Waals surface area contributed by atoms with E-state index in [-0.39, 0.29) is 5.56 Å². The summed E-state index contributed by atoms with van der Waals surface area (Å²) in [6.45, 7) is 1.02. The van der Waals surface area contributed by atoms with Gasteiger partial charge in [0.1, 0.15) is 5.60 Å². The maximum Gasteiger partial charge on any atom is 0.433 e. The number of halogens is 6. The van der Waals surface area contributed by atoms with E-state index in [0.29, 0.717) is 12.1 Å². The van der Waals surface area contributed by atoms with E-state index in [4.69, 9.17) is 0 Å². The summed E-state index contributed by atoms with van der Waals surface area (Å²) in [6, 6.07) is 9.23. The largest absolute Gasteiger partial charge is 0.433 e. The Morgan fingerprint density at radius 2 is 1.15 bits per heavy atom. The topological polar surface area (TPSA) is 40.5 Å². The summed E-state index contributed by atoms with van der Waals surface area (Å²) in [7, 11) is 0. The van der Waals surface area contributed by atoms with E-state index < -0.39 is 34.7 Å². The maximum absolute atomic E-state index is 13.4. The fourth-order valence-corrected chi connectivity index (χ4v) is 2.25. The molecule has 8 heteroatoms. The molecule has 0 amide bonds. The van der Waals surface area contributed by atoms with Crippen LogP contribution in [0.15, 0.2) is 54.6 Å². The summed E-state index contributed by atoms with van der Waals surface area (Å²) >= 11 is 0. The van der Waals surface area contributed by atoms with E-state index in [1.807, 2.05) is 5.92 Å². The minimum atomic E-state index is -5.17. The van der Waals surface area contributed by atoms with Gasteiger partial charge in [-0.3, -0.25) is 0 Å². The molecule has 0 radical (unpaired) electrons. The molecule has 0 spiro atoms. The lowest BCUT2D eigenvalue weighted by Gasteiger charge is -2.26. The molecule has 0 aromatic heterocycles. The van der Waals surface area contributed by atoms with Crippen molar-refractivity contribution in [1.29, 1.82) is 0 Å². The maximum atomic E-state index is 13.4. The average Bonchev–Trinajstić information content (AvgIpc) is 2.59. The molecule has 0 heterocycles. The molecule has 2 atom stereocenters. The van der Waals surface area contributed by atoms with Gasteiger partial charge in [-0.05, 0) is 24.6 Å². The third kappa shape index (κ3) is 4.43. The first kappa shape index (κ1) is 20.8. The van der Waals surface area contributed by atoms with Gasteiger partial charge in [-0.15, -0.1) is 0 Å². The predicted octanol–water partition coefficient (Wildman–Crippen LogP) is 4.37. The van der Waals surface area contributed by atoms with Gasteiger partial charge >= 0.3 is 12.4 Å². The summed E-state index contributed by atoms with van der Waals surface area (Å²) < 4.78 is 78.0. The van der Waals surface area contributed by atoms with Crippen molar-refractivity contribution in [2.45, 2.75) is 30.5 Å². The third-order valence-corrected chi connectivity index (χ3v) is 3.86. The Labute approximate surface area is 151 Å². The van der Waals surface area contributed by atoms with Crippen molar-refractivity contribution in [2.24, 2.45) is 0 Å². The molecule has 0 unspecified atom stereocenters. The number of rotatable bonds is 2. The van der Waals surface area contributed by atoms with E-state index in [1.54, 1.807) is 5.92 Å². The Kier molecular flexibility index (Phi) is 5.32. The van der Waals surface area contributed by atoms with Crippen LogP contribution >= 0.6 is 0 Å². The van der Waals surface area contributed by atoms with Crippen molar-refractivity contribution in [3.05, 3.63) is 71.3 Å². The van der Waals surface area contributed by atoms with E-state index in [0.717, 1.165) is 31.2 Å². The lowest BCUT2D eigenvalue weighted by Crippen LogP contribution is -2.41. The highest BCUT2D eigenvalue weighted by Crippen LogP contribution is 2.39. The zero-order valence-electron chi connectivity index (χ0n) is 13.9. The molecular weight excluding hydrogens is 374 g/mol. The molecule has 0 aliphatic carbocycles. The number of benzene rings is 2. The van der Waals surface area contributed by atoms with E-state index >= 15 is 0 Å². The van der Waals surface area contributed by atoms with Gasteiger partial charge in [0.05, 0.1) is 5.56 Å². The van der Waals surface area contributed by atoms with Crippen LogP contribution in [-0.4, -0.2) is 16.4 Å². The third-order valence-electron chi connectivity index (χ3n) is 3.86. The lowest BCUT2D eigenvalue weighted by atomic mass is 9.90. The van der Waals surface area contributed by atoms with Crippen molar-refractivity contribution in [3.63, 3.8) is 0 Å². The number of aliphatic hydroxyl groups is 2. The van der Waals surface area contributed by atoms with Gasteiger partial charge in [0.15, 0.2) is 0 Å². The zero-order valence-corrected chi connectivity index (χ0v) is 13.9. The quantitative estimate of drug-likeness (QED) is 0.593. The molecule has 0 fully saturated rings. The Hall–Kier alpha value is -2.50. The van der Waals surface area contributed by atoms with Crippen molar-refractivity contribution in [2.75, 3.05) is 0 Å². The van der Waals surface area contributed by atoms with Crippen LogP contribution in [0, 0.1) is 11.8 Å². The molecule has 2 nitrogen and oxygen atoms in total. The molecule has 2 aromatic carbocycles. The summed E-state index contributed by atoms with van der Waals surface area (Å²) in [6.07, 6.45) is -9.77. The van der Waals surface area contributed by atoms with Crippen molar-refractivity contribution in [3.8, 4) is 11.8 Å². The number of hydrogen-bond acceptors (Lipinski definition) is 2. The SMILES string of the molecule is C[C@@](O)(C#C[C@](O)(c1ccccc1)C(F)(F)F)c1ccc(C(F)(F)F)cc1. The Bertz CT molecular complexity index is 842. The summed E-state index contributed by atoms with van der Waals surface area (Å²) in [5, 5.41) is 20.4. The van der Waals surface area contributed by atoms with Crippen molar-refractivity contribution >= 4 is 0 Å². The molecule has 0 saturated carbocycles. The van der Waals surface area contributed by atoms with E-state index in [1.165, 1.54) is 18.2 Å². The van der Waals surface area contributed by atoms with E-state index in [9.17, 15) is 36.6 Å². The molecule has 0 aliphatic heterocycles. The molecule has 27 heavy (non-hydrogen) atoms. The molecule has 0 aliphatic rings. The molecule has 2 N–H and O–H groups in total. The minimum Gasteiger partial charge on any atom is -0.374 e. The Morgan fingerprint density at radius 3 is 1.59 bits per heavy atom. The van der Waals surface area contributed by atoms with Crippen molar-refractivity contribution in [1.82, 2.24) is 0 Å². The minimum absolute atomic E-state index is 0.152. The molecule has 144 valence electrons. The van der Waals surface area contributed by atoms with Gasteiger partial charge in [0.2, 0.25) is 5.60 Å². The zero-order chi connectivity index (χ0) is 20.5. The van der Waals surface area contributed by atoms with Gasteiger partial charge in [0.25, 0.3) is 0 Å². The highest BCUT2D eigenvalue weighted by atomic mass is 19.4. The van der Waals surface area contributed by atoms with Crippen molar-refractivity contribution < 1.29 is 36.6 Å². The fourth-order valence-electron chi connectivity index (χ4n) is 2.25. The lowest BCUT2D eigenvalue weighted by molar-refractivity contribution is -0.240. The van der Waals surface area contributed by atoms with Gasteiger partial charge < -0.3 is 10.2 Å². The number of alkyl halides is 6. The van der Waals surface area contributed by atoms with Crippen LogP contribution in [0.1, 0.15) is 23.6 Å². The number of hydrogen-bond donors (Lipinski definition) is 2. The van der Waals surface area contributed by atoms with Gasteiger partial charge in [-0.1, -0.05) is 54.3 Å². The molecule has 0 saturated heterocycles. The van der Waals surface area contributed by atoms with Gasteiger partial charge in [0, 0.05) is 5.56 Å². The van der Waals surface area contributed by atoms with Gasteiger partial charge in [-0.2, -0.15) is 26.3 Å². The predicted molar refractivity (Wildman–Crippen MR) is 85.2 cm³/mol. The van der Waals surface area contributed by atoms with Crippen LogP contribution in [0.3, 0.4) is 0 Å². The van der Waals surface area contributed by atoms with Crippen LogP contribution in [0.25, 0.3) is 0 Å². The first-order valence-electron chi connectivity index (χ1n) is 7.56. The second-order valence-electron chi connectivity index (χ2n) is 5.97. The monoisotopic (exact) mass is 388 g/mol. The van der Waals surface area contributed by atoms with Crippen LogP contribution in [0.4, 0.5) is 26.3 Å². The summed E-state index contributed by atoms with van der Waals surface area (Å²) in [4.78, 5) is 0. The van der Waals surface area contributed by atoms with Crippen LogP contribution < -0.4 is 0 Å². The average molecular weight is 388 g/mol. The Balaban J connectivity index is 2.45.